The molecular formula is C22H27N3O7S. The summed E-state index contributed by atoms with van der Waals surface area (Å²) >= 11 is 0. The van der Waals surface area contributed by atoms with Crippen molar-refractivity contribution in [2.45, 2.75) is 23.8 Å². The first-order valence-electron chi connectivity index (χ1n) is 10.6. The van der Waals surface area contributed by atoms with Crippen LogP contribution in [0.5, 0.6) is 0 Å². The van der Waals surface area contributed by atoms with Crippen molar-refractivity contribution in [1.29, 1.82) is 0 Å². The number of carbonyl (C=O) groups is 1. The molecule has 11 heteroatoms. The molecule has 2 aromatic carbocycles. The van der Waals surface area contributed by atoms with Crippen molar-refractivity contribution in [3.63, 3.8) is 0 Å². The van der Waals surface area contributed by atoms with Gasteiger partial charge in [-0.05, 0) is 30.5 Å². The average molecular weight is 478 g/mol. The number of benzene rings is 2. The zero-order valence-corrected chi connectivity index (χ0v) is 18.8. The smallest absolute Gasteiger partial charge is 0.269 e. The summed E-state index contributed by atoms with van der Waals surface area (Å²) in [5, 5.41) is 21.3. The number of rotatable bonds is 10. The first-order valence-corrected chi connectivity index (χ1v) is 12.1. The van der Waals surface area contributed by atoms with Crippen LogP contribution in [0, 0.1) is 16.0 Å². The Kier molecular flexibility index (Phi) is 8.50. The van der Waals surface area contributed by atoms with Gasteiger partial charge in [-0.3, -0.25) is 14.9 Å². The number of morpholine rings is 1. The Morgan fingerprint density at radius 2 is 1.76 bits per heavy atom. The number of aliphatic hydroxyl groups is 1. The number of nitro groups is 1. The van der Waals surface area contributed by atoms with Crippen molar-refractivity contribution in [3.05, 3.63) is 70.3 Å². The van der Waals surface area contributed by atoms with Crippen molar-refractivity contribution in [3.8, 4) is 0 Å². The van der Waals surface area contributed by atoms with E-state index in [9.17, 15) is 28.4 Å². The molecule has 1 aliphatic rings. The van der Waals surface area contributed by atoms with E-state index in [1.807, 2.05) is 30.3 Å². The van der Waals surface area contributed by atoms with E-state index < -0.39 is 27.0 Å². The van der Waals surface area contributed by atoms with Crippen LogP contribution in [0.2, 0.25) is 0 Å². The molecular weight excluding hydrogens is 450 g/mol. The Morgan fingerprint density at radius 1 is 1.12 bits per heavy atom. The number of sulfonamides is 1. The van der Waals surface area contributed by atoms with Crippen LogP contribution in [0.15, 0.2) is 59.5 Å². The average Bonchev–Trinajstić information content (AvgIpc) is 2.83. The van der Waals surface area contributed by atoms with Gasteiger partial charge in [0.15, 0.2) is 0 Å². The molecule has 1 heterocycles. The molecule has 33 heavy (non-hydrogen) atoms. The van der Waals surface area contributed by atoms with E-state index in [1.54, 1.807) is 4.90 Å². The largest absolute Gasteiger partial charge is 0.392 e. The van der Waals surface area contributed by atoms with Gasteiger partial charge in [0.05, 0.1) is 29.1 Å². The van der Waals surface area contributed by atoms with Crippen LogP contribution < -0.4 is 4.72 Å². The molecule has 178 valence electrons. The highest BCUT2D eigenvalue weighted by molar-refractivity contribution is 7.89. The fraction of sp³-hybridized carbons (Fsp3) is 0.409. The number of amides is 1. The number of ether oxygens (including phenoxy) is 1. The summed E-state index contributed by atoms with van der Waals surface area (Å²) in [7, 11) is -3.98. The second-order valence-electron chi connectivity index (χ2n) is 7.82. The summed E-state index contributed by atoms with van der Waals surface area (Å²) in [4.78, 5) is 24.8. The van der Waals surface area contributed by atoms with E-state index >= 15 is 0 Å². The lowest BCUT2D eigenvalue weighted by Crippen LogP contribution is -2.45. The van der Waals surface area contributed by atoms with Crippen LogP contribution in [-0.2, 0) is 26.0 Å². The summed E-state index contributed by atoms with van der Waals surface area (Å²) < 4.78 is 32.6. The lowest BCUT2D eigenvalue weighted by Gasteiger charge is -2.31. The minimum atomic E-state index is -3.98. The molecule has 0 unspecified atom stereocenters. The minimum Gasteiger partial charge on any atom is -0.392 e. The molecule has 0 bridgehead atoms. The highest BCUT2D eigenvalue weighted by Crippen LogP contribution is 2.20. The summed E-state index contributed by atoms with van der Waals surface area (Å²) in [6.45, 7) is 1.59. The number of nitrogens with zero attached hydrogens (tertiary/aromatic N) is 2. The van der Waals surface area contributed by atoms with Gasteiger partial charge in [-0.25, -0.2) is 13.1 Å². The predicted molar refractivity (Wildman–Crippen MR) is 120 cm³/mol. The Labute approximate surface area is 192 Å². The van der Waals surface area contributed by atoms with Crippen LogP contribution in [0.3, 0.4) is 0 Å². The lowest BCUT2D eigenvalue weighted by atomic mass is 9.92. The van der Waals surface area contributed by atoms with E-state index in [0.717, 1.165) is 29.8 Å². The fourth-order valence-electron chi connectivity index (χ4n) is 3.66. The highest BCUT2D eigenvalue weighted by Gasteiger charge is 2.28. The molecule has 2 atom stereocenters. The molecule has 3 rings (SSSR count). The number of nitro benzene ring substituents is 1. The predicted octanol–water partition coefficient (Wildman–Crippen LogP) is 1.34. The van der Waals surface area contributed by atoms with E-state index in [-0.39, 0.29) is 29.5 Å². The minimum absolute atomic E-state index is 0.0772. The van der Waals surface area contributed by atoms with Crippen LogP contribution >= 0.6 is 0 Å². The van der Waals surface area contributed by atoms with Crippen molar-refractivity contribution in [2.24, 2.45) is 5.92 Å². The molecule has 2 N–H and O–H groups in total. The number of nitrogens with one attached hydrogen (secondary N) is 1. The molecule has 0 radical (unpaired) electrons. The van der Waals surface area contributed by atoms with Crippen LogP contribution in [0.4, 0.5) is 5.69 Å². The molecule has 1 fully saturated rings. The van der Waals surface area contributed by atoms with Crippen molar-refractivity contribution < 1.29 is 28.0 Å². The number of non-ortho nitro benzene ring substituents is 1. The monoisotopic (exact) mass is 477 g/mol. The molecule has 1 amide bonds. The van der Waals surface area contributed by atoms with E-state index in [1.165, 1.54) is 0 Å². The highest BCUT2D eigenvalue weighted by atomic mass is 32.2. The molecule has 1 saturated heterocycles. The maximum absolute atomic E-state index is 13.1. The van der Waals surface area contributed by atoms with Gasteiger partial charge in [-0.1, -0.05) is 30.3 Å². The van der Waals surface area contributed by atoms with Gasteiger partial charge in [0.1, 0.15) is 0 Å². The van der Waals surface area contributed by atoms with E-state index in [4.69, 9.17) is 4.74 Å². The Hall–Kier alpha value is -2.86. The molecule has 0 aromatic heterocycles. The second-order valence-corrected chi connectivity index (χ2v) is 9.58. The van der Waals surface area contributed by atoms with Crippen LogP contribution in [-0.4, -0.2) is 68.2 Å². The van der Waals surface area contributed by atoms with Crippen molar-refractivity contribution in [2.75, 3.05) is 32.8 Å². The molecule has 0 spiro atoms. The molecule has 1 aliphatic heterocycles. The fourth-order valence-corrected chi connectivity index (χ4v) is 4.73. The van der Waals surface area contributed by atoms with E-state index in [2.05, 4.69) is 4.72 Å². The lowest BCUT2D eigenvalue weighted by molar-refractivity contribution is -0.384. The van der Waals surface area contributed by atoms with Gasteiger partial charge in [0.25, 0.3) is 5.69 Å². The Balaban J connectivity index is 1.64. The Bertz CT molecular complexity index is 1040. The summed E-state index contributed by atoms with van der Waals surface area (Å²) in [6.07, 6.45) is -0.603. The van der Waals surface area contributed by atoms with Gasteiger partial charge < -0.3 is 14.7 Å². The SMILES string of the molecule is O=C([C@@H](Cc1ccccc1)C[C@H](O)CNS(=O)(=O)c1ccc([N+](=O)[O-])cc1)N1CCOCC1. The van der Waals surface area contributed by atoms with Crippen LogP contribution in [0.1, 0.15) is 12.0 Å². The third-order valence-corrected chi connectivity index (χ3v) is 6.86. The third-order valence-electron chi connectivity index (χ3n) is 5.42. The first kappa shape index (κ1) is 24.8. The summed E-state index contributed by atoms with van der Waals surface area (Å²) in [5.41, 5.74) is 0.724. The normalized spacial score (nSPS) is 16.2. The zero-order chi connectivity index (χ0) is 23.8. The Morgan fingerprint density at radius 3 is 2.36 bits per heavy atom. The van der Waals surface area contributed by atoms with Gasteiger partial charge in [-0.2, -0.15) is 0 Å². The third kappa shape index (κ3) is 7.06. The quantitative estimate of drug-likeness (QED) is 0.389. The molecule has 0 saturated carbocycles. The molecule has 10 nitrogen and oxygen atoms in total. The van der Waals surface area contributed by atoms with Crippen molar-refractivity contribution in [1.82, 2.24) is 9.62 Å². The van der Waals surface area contributed by atoms with Crippen molar-refractivity contribution >= 4 is 21.6 Å². The number of aliphatic hydroxyl groups excluding tert-OH is 1. The van der Waals surface area contributed by atoms with Gasteiger partial charge in [-0.15, -0.1) is 0 Å². The zero-order valence-electron chi connectivity index (χ0n) is 18.0. The summed E-state index contributed by atoms with van der Waals surface area (Å²) in [6, 6.07) is 13.9. The maximum Gasteiger partial charge on any atom is 0.269 e. The summed E-state index contributed by atoms with van der Waals surface area (Å²) in [5.74, 6) is -0.621. The second kappa shape index (κ2) is 11.3. The van der Waals surface area contributed by atoms with Crippen LogP contribution in [0.25, 0.3) is 0 Å². The standard InChI is InChI=1S/C22H27N3O7S/c26-20(16-23-33(30,31)21-8-6-19(7-9-21)25(28)29)15-18(14-17-4-2-1-3-5-17)22(27)24-10-12-32-13-11-24/h1-9,18,20,23,26H,10-16H2/t18-,20-/m0/s1. The molecule has 0 aliphatic carbocycles. The number of carbonyl (C=O) groups excluding carboxylic acids is 1. The molecule has 2 aromatic rings. The van der Waals surface area contributed by atoms with Gasteiger partial charge in [0.2, 0.25) is 15.9 Å². The van der Waals surface area contributed by atoms with E-state index in [0.29, 0.717) is 32.7 Å². The maximum atomic E-state index is 13.1. The number of hydrogen-bond donors (Lipinski definition) is 2. The van der Waals surface area contributed by atoms with Gasteiger partial charge >= 0.3 is 0 Å². The number of hydrogen-bond acceptors (Lipinski definition) is 7. The topological polar surface area (TPSA) is 139 Å². The van der Waals surface area contributed by atoms with Gasteiger partial charge in [0, 0.05) is 37.7 Å². The first-order chi connectivity index (χ1) is 15.8.